The van der Waals surface area contributed by atoms with E-state index in [2.05, 4.69) is 0 Å². The maximum atomic E-state index is 8.52. The molecule has 0 amide bonds. The predicted molar refractivity (Wildman–Crippen MR) is 10.5 cm³/mol. The Labute approximate surface area is 65.6 Å². The Bertz CT molecular complexity index is 92.9. The van der Waals surface area contributed by atoms with Crippen LogP contribution in [-0.4, -0.2) is 17.5 Å². The van der Waals surface area contributed by atoms with E-state index < -0.39 is 10.4 Å². The van der Waals surface area contributed by atoms with E-state index in [1.54, 1.807) is 0 Å². The van der Waals surface area contributed by atoms with Crippen LogP contribution < -0.4 is 37.7 Å². The van der Waals surface area contributed by atoms with Crippen molar-refractivity contribution in [2.45, 2.75) is 0 Å². The maximum Gasteiger partial charge on any atom is 1.00 e. The summed E-state index contributed by atoms with van der Waals surface area (Å²) in [6.07, 6.45) is 0. The summed E-state index contributed by atoms with van der Waals surface area (Å²) in [5.41, 5.74) is 0. The topological polar surface area (TPSA) is 80.3 Å². The van der Waals surface area contributed by atoms with Crippen molar-refractivity contribution >= 4 is 10.4 Å². The van der Waals surface area contributed by atoms with E-state index in [0.717, 1.165) is 0 Å². The standard InChI is InChI=1S/2Li.H2O4S/c;;1-5(2,3)4/h;;(H2,1,2,3,4)/q2*+1;/p-2/i2*1+0;. The zero-order valence-corrected chi connectivity index (χ0v) is 4.86. The van der Waals surface area contributed by atoms with Gasteiger partial charge in [0.05, 0.1) is 0 Å². The number of rotatable bonds is 0. The van der Waals surface area contributed by atoms with E-state index in [-0.39, 0.29) is 37.7 Å². The summed E-state index contributed by atoms with van der Waals surface area (Å²) in [5.74, 6) is 0. The molecule has 0 unspecified atom stereocenters. The van der Waals surface area contributed by atoms with Crippen molar-refractivity contribution in [2.75, 3.05) is 0 Å². The fourth-order valence-electron chi connectivity index (χ4n) is 0. The molecule has 0 N–H and O–H groups in total. The average molecular weight is 110 g/mol. The molecule has 0 aromatic rings. The Morgan fingerprint density at radius 1 is 1.00 bits per heavy atom. The molecule has 0 radical (unpaired) electrons. The SMILES string of the molecule is O=S(=O)([O-])[O-].[7Li+].[7Li+]. The van der Waals surface area contributed by atoms with Crippen molar-refractivity contribution in [3.63, 3.8) is 0 Å². The van der Waals surface area contributed by atoms with Gasteiger partial charge in [-0.05, 0) is 0 Å². The van der Waals surface area contributed by atoms with Crippen molar-refractivity contribution < 1.29 is 55.2 Å². The monoisotopic (exact) mass is 110 g/mol. The van der Waals surface area contributed by atoms with E-state index in [9.17, 15) is 0 Å². The second-order valence-corrected chi connectivity index (χ2v) is 1.22. The second kappa shape index (κ2) is 5.21. The third-order valence-corrected chi connectivity index (χ3v) is 0. The van der Waals surface area contributed by atoms with Crippen LogP contribution in [0.25, 0.3) is 0 Å². The molecule has 0 aliphatic carbocycles. The molecule has 32 valence electrons. The minimum atomic E-state index is -5.17. The van der Waals surface area contributed by atoms with Gasteiger partial charge >= 0.3 is 37.7 Å². The molecule has 7 heavy (non-hydrogen) atoms. The molecule has 0 spiro atoms. The average Bonchev–Trinajstić information content (AvgIpc) is 0.722. The zero-order chi connectivity index (χ0) is 4.50. The molecule has 0 saturated carbocycles. The van der Waals surface area contributed by atoms with Gasteiger partial charge in [-0.25, -0.2) is 0 Å². The number of hydrogen-bond donors (Lipinski definition) is 0. The molecule has 0 heterocycles. The molecule has 0 aromatic carbocycles. The second-order valence-electron chi connectivity index (χ2n) is 0.408. The van der Waals surface area contributed by atoms with Gasteiger partial charge in [0.25, 0.3) is 0 Å². The summed E-state index contributed by atoms with van der Waals surface area (Å²) in [7, 11) is -5.17. The van der Waals surface area contributed by atoms with Crippen LogP contribution in [0.3, 0.4) is 0 Å². The quantitative estimate of drug-likeness (QED) is 0.176. The summed E-state index contributed by atoms with van der Waals surface area (Å²) >= 11 is 0. The van der Waals surface area contributed by atoms with Gasteiger partial charge in [0.2, 0.25) is 0 Å². The number of hydrogen-bond acceptors (Lipinski definition) is 4. The normalized spacial score (nSPS) is 8.29. The summed E-state index contributed by atoms with van der Waals surface area (Å²) in [5, 5.41) is 0. The Balaban J connectivity index is -0.0000000800. The van der Waals surface area contributed by atoms with E-state index in [1.807, 2.05) is 0 Å². The van der Waals surface area contributed by atoms with Crippen LogP contribution >= 0.6 is 0 Å². The Hall–Kier alpha value is 1.06. The van der Waals surface area contributed by atoms with Crippen LogP contribution in [0.1, 0.15) is 0 Å². The third kappa shape index (κ3) is 160. The molecule has 0 atom stereocenters. The first-order chi connectivity index (χ1) is 2.00. The maximum absolute atomic E-state index is 8.52. The van der Waals surface area contributed by atoms with Gasteiger partial charge in [0, 0.05) is 10.4 Å². The van der Waals surface area contributed by atoms with Crippen LogP contribution in [0.15, 0.2) is 0 Å². The van der Waals surface area contributed by atoms with Crippen molar-refractivity contribution in [2.24, 2.45) is 0 Å². The van der Waals surface area contributed by atoms with Crippen LogP contribution in [-0.2, 0) is 10.4 Å². The summed E-state index contributed by atoms with van der Waals surface area (Å²) in [6.45, 7) is 0. The first kappa shape index (κ1) is 15.7. The predicted octanol–water partition coefficient (Wildman–Crippen LogP) is -7.33. The van der Waals surface area contributed by atoms with Gasteiger partial charge in [-0.3, -0.25) is 8.42 Å². The Morgan fingerprint density at radius 2 is 1.00 bits per heavy atom. The van der Waals surface area contributed by atoms with Crippen molar-refractivity contribution in [1.82, 2.24) is 0 Å². The van der Waals surface area contributed by atoms with Crippen LogP contribution in [0, 0.1) is 0 Å². The minimum Gasteiger partial charge on any atom is -0.759 e. The molecule has 0 aliphatic heterocycles. The van der Waals surface area contributed by atoms with Gasteiger partial charge in [-0.2, -0.15) is 0 Å². The molecule has 0 aliphatic rings. The molecule has 0 rings (SSSR count). The molecule has 0 fully saturated rings. The van der Waals surface area contributed by atoms with Crippen molar-refractivity contribution in [1.29, 1.82) is 0 Å². The summed E-state index contributed by atoms with van der Waals surface area (Å²) in [4.78, 5) is 0. The van der Waals surface area contributed by atoms with Gasteiger partial charge in [0.1, 0.15) is 0 Å². The molecular weight excluding hydrogens is 110 g/mol. The zero-order valence-electron chi connectivity index (χ0n) is 4.04. The van der Waals surface area contributed by atoms with Crippen LogP contribution in [0.5, 0.6) is 0 Å². The molecule has 0 aromatic heterocycles. The van der Waals surface area contributed by atoms with E-state index >= 15 is 0 Å². The summed E-state index contributed by atoms with van der Waals surface area (Å²) < 4.78 is 34.1. The summed E-state index contributed by atoms with van der Waals surface area (Å²) in [6, 6.07) is 0. The van der Waals surface area contributed by atoms with Gasteiger partial charge < -0.3 is 9.11 Å². The van der Waals surface area contributed by atoms with Crippen molar-refractivity contribution in [3.8, 4) is 0 Å². The molecular formula is Li2O4S. The van der Waals surface area contributed by atoms with E-state index in [1.165, 1.54) is 0 Å². The Kier molecular flexibility index (Phi) is 11.7. The minimum absolute atomic E-state index is 0. The molecule has 4 nitrogen and oxygen atoms in total. The molecule has 0 saturated heterocycles. The smallest absolute Gasteiger partial charge is 0.759 e. The van der Waals surface area contributed by atoms with Gasteiger partial charge in [-0.1, -0.05) is 0 Å². The van der Waals surface area contributed by atoms with E-state index in [0.29, 0.717) is 0 Å². The third-order valence-electron chi connectivity index (χ3n) is 0. The Morgan fingerprint density at radius 3 is 1.00 bits per heavy atom. The van der Waals surface area contributed by atoms with Crippen LogP contribution in [0.2, 0.25) is 0 Å². The van der Waals surface area contributed by atoms with Gasteiger partial charge in [-0.15, -0.1) is 0 Å². The van der Waals surface area contributed by atoms with Crippen LogP contribution in [0.4, 0.5) is 0 Å². The largest absolute Gasteiger partial charge is 1.00 e. The first-order valence-corrected chi connectivity index (χ1v) is 2.00. The van der Waals surface area contributed by atoms with Crippen molar-refractivity contribution in [3.05, 3.63) is 0 Å². The van der Waals surface area contributed by atoms with Gasteiger partial charge in [0.15, 0.2) is 0 Å². The molecule has 7 heteroatoms. The fourth-order valence-corrected chi connectivity index (χ4v) is 0. The van der Waals surface area contributed by atoms with E-state index in [4.69, 9.17) is 17.5 Å². The molecule has 0 bridgehead atoms. The first-order valence-electron chi connectivity index (χ1n) is 0.667. The fraction of sp³-hybridized carbons (Fsp3) is 0.